The van der Waals surface area contributed by atoms with E-state index in [2.05, 4.69) is 10.2 Å². The van der Waals surface area contributed by atoms with Gasteiger partial charge in [-0.15, -0.1) is 10.2 Å². The SMILES string of the molecule is CC(C)CC(CC(=O)c1nncs1)(C(N)=O)S(=O)(=O)Cl. The number of halogens is 1. The van der Waals surface area contributed by atoms with Gasteiger partial charge in [0.25, 0.3) is 0 Å². The number of rotatable bonds is 7. The first-order valence-electron chi connectivity index (χ1n) is 5.63. The molecule has 0 aliphatic rings. The van der Waals surface area contributed by atoms with Crippen LogP contribution < -0.4 is 5.73 Å². The summed E-state index contributed by atoms with van der Waals surface area (Å²) in [4.78, 5) is 23.7. The molecule has 1 aromatic rings. The quantitative estimate of drug-likeness (QED) is 0.583. The van der Waals surface area contributed by atoms with Gasteiger partial charge in [-0.1, -0.05) is 25.2 Å². The zero-order chi connectivity index (χ0) is 15.6. The van der Waals surface area contributed by atoms with E-state index in [0.717, 1.165) is 11.3 Å². The zero-order valence-corrected chi connectivity index (χ0v) is 13.3. The molecule has 0 fully saturated rings. The Bertz CT molecular complexity index is 600. The second-order valence-corrected chi connectivity index (χ2v) is 8.45. The van der Waals surface area contributed by atoms with Gasteiger partial charge in [-0.05, 0) is 12.3 Å². The summed E-state index contributed by atoms with van der Waals surface area (Å²) >= 11 is 0.951. The van der Waals surface area contributed by atoms with Gasteiger partial charge >= 0.3 is 0 Å². The molecule has 1 heterocycles. The van der Waals surface area contributed by atoms with Gasteiger partial charge in [-0.3, -0.25) is 9.59 Å². The monoisotopic (exact) mass is 339 g/mol. The number of carbonyl (C=O) groups excluding carboxylic acids is 2. The summed E-state index contributed by atoms with van der Waals surface area (Å²) in [6.07, 6.45) is -0.778. The molecule has 0 aromatic carbocycles. The van der Waals surface area contributed by atoms with Crippen molar-refractivity contribution >= 4 is 42.8 Å². The molecule has 0 spiro atoms. The first-order chi connectivity index (χ1) is 9.10. The largest absolute Gasteiger partial charge is 0.368 e. The first kappa shape index (κ1) is 17.0. The van der Waals surface area contributed by atoms with E-state index in [9.17, 15) is 18.0 Å². The van der Waals surface area contributed by atoms with Crippen molar-refractivity contribution in [1.82, 2.24) is 10.2 Å². The molecule has 1 rings (SSSR count). The van der Waals surface area contributed by atoms with E-state index in [1.165, 1.54) is 5.51 Å². The molecule has 0 radical (unpaired) electrons. The van der Waals surface area contributed by atoms with Crippen LogP contribution in [0.1, 0.15) is 36.5 Å². The molecule has 0 saturated heterocycles. The molecule has 1 unspecified atom stereocenters. The number of Topliss-reactive ketones (excluding diaryl/α,β-unsaturated/α-hetero) is 1. The second-order valence-electron chi connectivity index (χ2n) is 4.74. The molecular weight excluding hydrogens is 326 g/mol. The summed E-state index contributed by atoms with van der Waals surface area (Å²) in [7, 11) is 1.01. The van der Waals surface area contributed by atoms with Crippen LogP contribution in [-0.2, 0) is 13.8 Å². The Morgan fingerprint density at radius 2 is 2.10 bits per heavy atom. The summed E-state index contributed by atoms with van der Waals surface area (Å²) in [6, 6.07) is 0. The number of nitrogens with zero attached hydrogens (tertiary/aromatic N) is 2. The highest BCUT2D eigenvalue weighted by Gasteiger charge is 2.50. The lowest BCUT2D eigenvalue weighted by Gasteiger charge is -2.27. The molecule has 112 valence electrons. The molecule has 10 heteroatoms. The highest BCUT2D eigenvalue weighted by Crippen LogP contribution is 2.34. The minimum absolute atomic E-state index is 0.0136. The average molecular weight is 340 g/mol. The number of primary amides is 1. The summed E-state index contributed by atoms with van der Waals surface area (Å²) in [5.41, 5.74) is 6.55. The van der Waals surface area contributed by atoms with Crippen LogP contribution in [0.5, 0.6) is 0 Å². The van der Waals surface area contributed by atoms with E-state index in [1.807, 2.05) is 0 Å². The number of amides is 1. The van der Waals surface area contributed by atoms with E-state index in [4.69, 9.17) is 16.4 Å². The lowest BCUT2D eigenvalue weighted by atomic mass is 9.91. The number of ketones is 1. The van der Waals surface area contributed by atoms with Crippen molar-refractivity contribution in [3.8, 4) is 0 Å². The molecule has 1 atom stereocenters. The summed E-state index contributed by atoms with van der Waals surface area (Å²) < 4.78 is 21.5. The molecule has 20 heavy (non-hydrogen) atoms. The van der Waals surface area contributed by atoms with Gasteiger partial charge in [0.2, 0.25) is 15.0 Å². The molecule has 0 aliphatic heterocycles. The fourth-order valence-electron chi connectivity index (χ4n) is 1.85. The van der Waals surface area contributed by atoms with Gasteiger partial charge in [0, 0.05) is 17.1 Å². The molecule has 7 nitrogen and oxygen atoms in total. The van der Waals surface area contributed by atoms with Crippen molar-refractivity contribution < 1.29 is 18.0 Å². The normalized spacial score (nSPS) is 15.0. The summed E-state index contributed by atoms with van der Waals surface area (Å²) in [5.74, 6) is -1.96. The average Bonchev–Trinajstić information content (AvgIpc) is 2.78. The minimum atomic E-state index is -4.37. The van der Waals surface area contributed by atoms with Gasteiger partial charge in [-0.2, -0.15) is 0 Å². The third-order valence-electron chi connectivity index (χ3n) is 2.70. The van der Waals surface area contributed by atoms with Crippen molar-refractivity contribution in [3.63, 3.8) is 0 Å². The van der Waals surface area contributed by atoms with Crippen LogP contribution >= 0.6 is 22.0 Å². The molecule has 0 bridgehead atoms. The summed E-state index contributed by atoms with van der Waals surface area (Å²) in [5, 5.41) is 7.05. The maximum atomic E-state index is 12.0. The van der Waals surface area contributed by atoms with Gasteiger partial charge in [-0.25, -0.2) is 8.42 Å². The molecule has 0 saturated carbocycles. The van der Waals surface area contributed by atoms with E-state index in [1.54, 1.807) is 13.8 Å². The lowest BCUT2D eigenvalue weighted by molar-refractivity contribution is -0.120. The predicted molar refractivity (Wildman–Crippen MR) is 75.0 cm³/mol. The fraction of sp³-hybridized carbons (Fsp3) is 0.600. The Kier molecular flexibility index (Phi) is 5.22. The Labute approximate surface area is 124 Å². The van der Waals surface area contributed by atoms with E-state index >= 15 is 0 Å². The molecule has 0 aliphatic carbocycles. The molecule has 1 amide bonds. The highest BCUT2D eigenvalue weighted by molar-refractivity contribution is 8.15. The predicted octanol–water partition coefficient (Wildman–Crippen LogP) is 0.950. The van der Waals surface area contributed by atoms with Crippen LogP contribution in [0.3, 0.4) is 0 Å². The third-order valence-corrected chi connectivity index (χ3v) is 5.76. The van der Waals surface area contributed by atoms with Crippen molar-refractivity contribution in [2.45, 2.75) is 31.4 Å². The van der Waals surface area contributed by atoms with Crippen molar-refractivity contribution in [2.75, 3.05) is 0 Å². The van der Waals surface area contributed by atoms with Gasteiger partial charge in [0.05, 0.1) is 0 Å². The second kappa shape index (κ2) is 6.15. The van der Waals surface area contributed by atoms with Crippen molar-refractivity contribution in [2.24, 2.45) is 11.7 Å². The van der Waals surface area contributed by atoms with Crippen molar-refractivity contribution in [3.05, 3.63) is 10.5 Å². The molecular formula is C10H14ClN3O4S2. The smallest absolute Gasteiger partial charge is 0.247 e. The Balaban J connectivity index is 3.23. The van der Waals surface area contributed by atoms with E-state index < -0.39 is 31.9 Å². The van der Waals surface area contributed by atoms with Gasteiger partial charge in [0.15, 0.2) is 15.5 Å². The van der Waals surface area contributed by atoms with Crippen LogP contribution in [-0.4, -0.2) is 35.1 Å². The number of carbonyl (C=O) groups is 2. The minimum Gasteiger partial charge on any atom is -0.368 e. The molecule has 1 aromatic heterocycles. The van der Waals surface area contributed by atoms with Crippen molar-refractivity contribution in [1.29, 1.82) is 0 Å². The Morgan fingerprint density at radius 1 is 1.50 bits per heavy atom. The van der Waals surface area contributed by atoms with Gasteiger partial charge < -0.3 is 5.73 Å². The topological polar surface area (TPSA) is 120 Å². The maximum absolute atomic E-state index is 12.0. The number of nitrogens with two attached hydrogens (primary N) is 1. The third kappa shape index (κ3) is 3.53. The number of hydrogen-bond acceptors (Lipinski definition) is 7. The maximum Gasteiger partial charge on any atom is 0.247 e. The van der Waals surface area contributed by atoms with Crippen LogP contribution in [0, 0.1) is 5.92 Å². The van der Waals surface area contributed by atoms with E-state index in [0.29, 0.717) is 0 Å². The highest BCUT2D eigenvalue weighted by atomic mass is 35.7. The molecule has 2 N–H and O–H groups in total. The number of aromatic nitrogens is 2. The zero-order valence-electron chi connectivity index (χ0n) is 10.9. The standard InChI is InChI=1S/C10H14ClN3O4S2/c1-6(2)3-10(9(12)16,20(11,17)18)4-7(15)8-14-13-5-19-8/h5-6H,3-4H2,1-2H3,(H2,12,16). The van der Waals surface area contributed by atoms with Crippen LogP contribution in [0.4, 0.5) is 0 Å². The summed E-state index contributed by atoms with van der Waals surface area (Å²) in [6.45, 7) is 3.41. The Hall–Kier alpha value is -1.06. The first-order valence-corrected chi connectivity index (χ1v) is 8.82. The number of hydrogen-bond donors (Lipinski definition) is 1. The Morgan fingerprint density at radius 3 is 2.45 bits per heavy atom. The van der Waals surface area contributed by atoms with Gasteiger partial charge in [0.1, 0.15) is 5.51 Å². The fourth-order valence-corrected chi connectivity index (χ4v) is 4.00. The van der Waals surface area contributed by atoms with E-state index in [-0.39, 0.29) is 17.3 Å². The lowest BCUT2D eigenvalue weighted by Crippen LogP contribution is -2.50. The van der Waals surface area contributed by atoms with Crippen LogP contribution in [0.15, 0.2) is 5.51 Å². The van der Waals surface area contributed by atoms with Crippen LogP contribution in [0.2, 0.25) is 0 Å². The van der Waals surface area contributed by atoms with Crippen LogP contribution in [0.25, 0.3) is 0 Å².